The van der Waals surface area contributed by atoms with Crippen molar-refractivity contribution in [2.45, 2.75) is 6.10 Å². The van der Waals surface area contributed by atoms with Crippen LogP contribution in [0.4, 0.5) is 10.7 Å². The van der Waals surface area contributed by atoms with Crippen LogP contribution in [-0.4, -0.2) is 84.0 Å². The van der Waals surface area contributed by atoms with Gasteiger partial charge in [-0.3, -0.25) is 19.9 Å². The van der Waals surface area contributed by atoms with Crippen molar-refractivity contribution in [2.24, 2.45) is 5.10 Å². The van der Waals surface area contributed by atoms with Gasteiger partial charge in [0.2, 0.25) is 0 Å². The average Bonchev–Trinajstić information content (AvgIpc) is 3.22. The molecule has 3 rings (SSSR count). The number of nitrogens with zero attached hydrogens (tertiary/aromatic N) is 5. The predicted octanol–water partition coefficient (Wildman–Crippen LogP) is 1.15. The molecule has 1 aromatic rings. The van der Waals surface area contributed by atoms with Crippen molar-refractivity contribution in [3.05, 3.63) is 40.7 Å². The lowest BCUT2D eigenvalue weighted by atomic mass is 10.2. The molecule has 2 saturated heterocycles. The fourth-order valence-electron chi connectivity index (χ4n) is 2.96. The lowest BCUT2D eigenvalue weighted by Gasteiger charge is -2.34. The lowest BCUT2D eigenvalue weighted by molar-refractivity contribution is -0.402. The number of hydrazone groups is 1. The summed E-state index contributed by atoms with van der Waals surface area (Å²) >= 11 is 0. The third-order valence-corrected chi connectivity index (χ3v) is 4.29. The first-order valence-electron chi connectivity index (χ1n) is 8.37. The Morgan fingerprint density at radius 1 is 1.31 bits per heavy atom. The summed E-state index contributed by atoms with van der Waals surface area (Å²) in [5.74, 6) is -0.171. The lowest BCUT2D eigenvalue weighted by Crippen LogP contribution is -2.48. The van der Waals surface area contributed by atoms with Crippen molar-refractivity contribution < 1.29 is 18.9 Å². The number of amides is 1. The molecule has 0 radical (unpaired) electrons. The Balaban J connectivity index is 1.48. The van der Waals surface area contributed by atoms with Crippen molar-refractivity contribution in [3.8, 4) is 0 Å². The summed E-state index contributed by atoms with van der Waals surface area (Å²) in [4.78, 5) is 26.5. The van der Waals surface area contributed by atoms with Crippen molar-refractivity contribution >= 4 is 18.2 Å². The number of carbonyl (C=O) groups excluding carboxylic acids is 1. The summed E-state index contributed by atoms with van der Waals surface area (Å²) in [7, 11) is 0. The van der Waals surface area contributed by atoms with Crippen molar-refractivity contribution in [1.29, 1.82) is 0 Å². The number of piperazine rings is 1. The first-order valence-corrected chi connectivity index (χ1v) is 8.37. The van der Waals surface area contributed by atoms with Crippen LogP contribution < -0.4 is 0 Å². The van der Waals surface area contributed by atoms with E-state index >= 15 is 0 Å². The number of ether oxygens (including phenoxy) is 1. The van der Waals surface area contributed by atoms with Gasteiger partial charge in [0, 0.05) is 39.3 Å². The third kappa shape index (κ3) is 4.46. The maximum absolute atomic E-state index is 11.9. The van der Waals surface area contributed by atoms with Gasteiger partial charge in [-0.25, -0.2) is 4.79 Å². The number of nitro groups is 1. The highest BCUT2D eigenvalue weighted by Crippen LogP contribution is 2.16. The molecular weight excluding hydrogens is 342 g/mol. The van der Waals surface area contributed by atoms with Crippen LogP contribution in [0.2, 0.25) is 0 Å². The van der Waals surface area contributed by atoms with Crippen LogP contribution in [0.3, 0.4) is 0 Å². The highest BCUT2D eigenvalue weighted by atomic mass is 16.6. The molecule has 2 fully saturated rings. The van der Waals surface area contributed by atoms with Gasteiger partial charge >= 0.3 is 12.0 Å². The highest BCUT2D eigenvalue weighted by Gasteiger charge is 2.33. The van der Waals surface area contributed by atoms with Crippen LogP contribution >= 0.6 is 0 Å². The molecule has 10 nitrogen and oxygen atoms in total. The van der Waals surface area contributed by atoms with Crippen LogP contribution in [0, 0.1) is 10.1 Å². The number of carbonyl (C=O) groups is 1. The zero-order chi connectivity index (χ0) is 18.5. The third-order valence-electron chi connectivity index (χ3n) is 4.29. The number of rotatable bonds is 7. The number of hydrogen-bond donors (Lipinski definition) is 0. The van der Waals surface area contributed by atoms with E-state index in [-0.39, 0.29) is 17.7 Å². The van der Waals surface area contributed by atoms with E-state index in [1.807, 2.05) is 6.08 Å². The second kappa shape index (κ2) is 8.11. The first-order chi connectivity index (χ1) is 12.5. The molecule has 2 aliphatic rings. The van der Waals surface area contributed by atoms with E-state index in [9.17, 15) is 14.9 Å². The van der Waals surface area contributed by atoms with Gasteiger partial charge in [0.05, 0.1) is 18.8 Å². The van der Waals surface area contributed by atoms with Gasteiger partial charge in [-0.2, -0.15) is 10.1 Å². The molecule has 0 N–H and O–H groups in total. The van der Waals surface area contributed by atoms with Crippen LogP contribution in [0.5, 0.6) is 0 Å². The maximum Gasteiger partial charge on any atom is 0.433 e. The van der Waals surface area contributed by atoms with Crippen molar-refractivity contribution in [2.75, 3.05) is 45.8 Å². The van der Waals surface area contributed by atoms with E-state index in [4.69, 9.17) is 9.15 Å². The van der Waals surface area contributed by atoms with E-state index in [0.717, 1.165) is 32.7 Å². The Morgan fingerprint density at radius 3 is 2.69 bits per heavy atom. The fourth-order valence-corrected chi connectivity index (χ4v) is 2.96. The standard InChI is InChI=1S/C16H21N5O5/c1-2-5-18-6-8-19(9-7-18)11-14-12-20(16(22)26-14)17-10-13-3-4-15(25-13)21(23)24/h2-4,10,14H,1,5-9,11-12H2. The van der Waals surface area contributed by atoms with Crippen LogP contribution in [0.1, 0.15) is 5.76 Å². The molecule has 3 heterocycles. The molecule has 10 heteroatoms. The molecule has 1 aromatic heterocycles. The summed E-state index contributed by atoms with van der Waals surface area (Å²) in [5.41, 5.74) is 0. The molecule has 140 valence electrons. The molecule has 0 saturated carbocycles. The molecule has 0 aromatic carbocycles. The maximum atomic E-state index is 11.9. The van der Waals surface area contributed by atoms with E-state index in [2.05, 4.69) is 21.5 Å². The van der Waals surface area contributed by atoms with Crippen molar-refractivity contribution in [1.82, 2.24) is 14.8 Å². The SMILES string of the molecule is C=CCN1CCN(CC2CN(N=Cc3ccc([N+](=O)[O-])o3)C(=O)O2)CC1. The topological polar surface area (TPSA) is 105 Å². The zero-order valence-corrected chi connectivity index (χ0v) is 14.3. The van der Waals surface area contributed by atoms with E-state index in [1.165, 1.54) is 23.4 Å². The van der Waals surface area contributed by atoms with Gasteiger partial charge in [-0.05, 0) is 6.07 Å². The second-order valence-electron chi connectivity index (χ2n) is 6.16. The summed E-state index contributed by atoms with van der Waals surface area (Å²) in [6, 6.07) is 2.65. The van der Waals surface area contributed by atoms with Gasteiger partial charge < -0.3 is 9.15 Å². The summed E-state index contributed by atoms with van der Waals surface area (Å²) in [6.45, 7) is 9.40. The van der Waals surface area contributed by atoms with E-state index in [1.54, 1.807) is 0 Å². The van der Waals surface area contributed by atoms with Crippen LogP contribution in [-0.2, 0) is 4.74 Å². The minimum Gasteiger partial charge on any atom is -0.441 e. The van der Waals surface area contributed by atoms with Crippen LogP contribution in [0.25, 0.3) is 0 Å². The molecule has 0 aliphatic carbocycles. The first kappa shape index (κ1) is 18.1. The molecule has 0 bridgehead atoms. The Bertz CT molecular complexity index is 695. The van der Waals surface area contributed by atoms with E-state index in [0.29, 0.717) is 13.1 Å². The van der Waals surface area contributed by atoms with Gasteiger partial charge in [-0.15, -0.1) is 6.58 Å². The Hall–Kier alpha value is -2.72. The smallest absolute Gasteiger partial charge is 0.433 e. The van der Waals surface area contributed by atoms with Crippen molar-refractivity contribution in [3.63, 3.8) is 0 Å². The molecule has 1 atom stereocenters. The molecule has 1 unspecified atom stereocenters. The molecule has 26 heavy (non-hydrogen) atoms. The Kier molecular flexibility index (Phi) is 5.64. The largest absolute Gasteiger partial charge is 0.441 e. The second-order valence-corrected chi connectivity index (χ2v) is 6.16. The normalized spacial score (nSPS) is 22.1. The van der Waals surface area contributed by atoms with Gasteiger partial charge in [0.1, 0.15) is 11.0 Å². The minimum atomic E-state index is -0.633. The monoisotopic (exact) mass is 363 g/mol. The average molecular weight is 363 g/mol. The quantitative estimate of drug-likeness (QED) is 0.310. The van der Waals surface area contributed by atoms with E-state index < -0.39 is 11.0 Å². The molecular formula is C16H21N5O5. The molecule has 2 aliphatic heterocycles. The molecule has 0 spiro atoms. The summed E-state index contributed by atoms with van der Waals surface area (Å²) < 4.78 is 10.3. The highest BCUT2D eigenvalue weighted by molar-refractivity contribution is 5.78. The van der Waals surface area contributed by atoms with Gasteiger partial charge in [0.25, 0.3) is 0 Å². The van der Waals surface area contributed by atoms with Gasteiger partial charge in [0.15, 0.2) is 5.76 Å². The number of furan rings is 1. The predicted molar refractivity (Wildman–Crippen MR) is 93.0 cm³/mol. The molecule has 1 amide bonds. The Morgan fingerprint density at radius 2 is 2.04 bits per heavy atom. The Labute approximate surface area is 150 Å². The van der Waals surface area contributed by atoms with Crippen LogP contribution in [0.15, 0.2) is 34.3 Å². The fraction of sp³-hybridized carbons (Fsp3) is 0.500. The summed E-state index contributed by atoms with van der Waals surface area (Å²) in [6.07, 6.45) is 2.39. The zero-order valence-electron chi connectivity index (χ0n) is 14.3. The minimum absolute atomic E-state index is 0.200. The number of cyclic esters (lactones) is 1. The number of hydrogen-bond acceptors (Lipinski definition) is 8. The summed E-state index contributed by atoms with van der Waals surface area (Å²) in [5, 5.41) is 15.8. The van der Waals surface area contributed by atoms with Gasteiger partial charge in [-0.1, -0.05) is 6.08 Å².